The molecule has 1 saturated carbocycles. The van der Waals surface area contributed by atoms with Gasteiger partial charge in [0.2, 0.25) is 10.0 Å². The summed E-state index contributed by atoms with van der Waals surface area (Å²) in [6.07, 6.45) is 2.31. The van der Waals surface area contributed by atoms with Crippen LogP contribution in [0.25, 0.3) is 0 Å². The monoisotopic (exact) mass is 379 g/mol. The van der Waals surface area contributed by atoms with Crippen molar-refractivity contribution in [3.8, 4) is 0 Å². The van der Waals surface area contributed by atoms with E-state index in [1.165, 1.54) is 27.8 Å². The van der Waals surface area contributed by atoms with Crippen molar-refractivity contribution in [2.75, 3.05) is 18.4 Å². The molecule has 1 aliphatic rings. The molecule has 0 atom stereocenters. The fraction of sp³-hybridized carbons (Fsp3) is 0.412. The third-order valence-corrected chi connectivity index (χ3v) is 7.00. The molecular weight excluding hydrogens is 358 g/mol. The van der Waals surface area contributed by atoms with Crippen molar-refractivity contribution in [2.24, 2.45) is 0 Å². The van der Waals surface area contributed by atoms with Crippen molar-refractivity contribution in [1.82, 2.24) is 9.29 Å². The van der Waals surface area contributed by atoms with Gasteiger partial charge in [-0.15, -0.1) is 11.3 Å². The van der Waals surface area contributed by atoms with Gasteiger partial charge in [0.1, 0.15) is 0 Å². The smallest absolute Gasteiger partial charge is 0.257 e. The second-order valence-electron chi connectivity index (χ2n) is 5.92. The highest BCUT2D eigenvalue weighted by atomic mass is 32.2. The number of nitrogens with zero attached hydrogens (tertiary/aromatic N) is 2. The fourth-order valence-corrected chi connectivity index (χ4v) is 4.88. The number of sulfonamides is 1. The highest BCUT2D eigenvalue weighted by Crippen LogP contribution is 2.40. The Hall–Kier alpha value is -1.77. The summed E-state index contributed by atoms with van der Waals surface area (Å²) in [6.45, 7) is 4.35. The minimum Gasteiger partial charge on any atom is -0.298 e. The Bertz CT molecular complexity index is 869. The summed E-state index contributed by atoms with van der Waals surface area (Å²) >= 11 is 1.39. The van der Waals surface area contributed by atoms with Crippen LogP contribution in [0.5, 0.6) is 0 Å². The van der Waals surface area contributed by atoms with E-state index in [1.54, 1.807) is 26.0 Å². The van der Waals surface area contributed by atoms with Crippen molar-refractivity contribution in [3.05, 3.63) is 40.9 Å². The van der Waals surface area contributed by atoms with Crippen molar-refractivity contribution in [1.29, 1.82) is 0 Å². The molecule has 0 spiro atoms. The van der Waals surface area contributed by atoms with Crippen molar-refractivity contribution >= 4 is 32.4 Å². The summed E-state index contributed by atoms with van der Waals surface area (Å²) in [7, 11) is -3.59. The Labute approximate surface area is 151 Å². The molecule has 3 rings (SSSR count). The maximum atomic E-state index is 12.6. The van der Waals surface area contributed by atoms with Gasteiger partial charge in [-0.25, -0.2) is 13.4 Å². The molecule has 134 valence electrons. The van der Waals surface area contributed by atoms with E-state index in [0.717, 1.165) is 18.5 Å². The van der Waals surface area contributed by atoms with Crippen molar-refractivity contribution in [2.45, 2.75) is 37.5 Å². The van der Waals surface area contributed by atoms with E-state index in [0.29, 0.717) is 29.7 Å². The van der Waals surface area contributed by atoms with Crippen LogP contribution in [0.3, 0.4) is 0 Å². The zero-order valence-corrected chi connectivity index (χ0v) is 15.9. The number of anilines is 1. The number of hydrogen-bond acceptors (Lipinski definition) is 5. The molecule has 1 fully saturated rings. The zero-order chi connectivity index (χ0) is 18.0. The largest absolute Gasteiger partial charge is 0.298 e. The first kappa shape index (κ1) is 18.0. The maximum absolute atomic E-state index is 12.6. The predicted octanol–water partition coefficient (Wildman–Crippen LogP) is 3.30. The first-order valence-electron chi connectivity index (χ1n) is 8.32. The van der Waals surface area contributed by atoms with E-state index in [1.807, 2.05) is 5.38 Å². The number of thiazole rings is 1. The van der Waals surface area contributed by atoms with Crippen LogP contribution in [-0.2, 0) is 10.0 Å². The molecule has 2 aromatic rings. The van der Waals surface area contributed by atoms with Crippen LogP contribution in [0.1, 0.15) is 48.7 Å². The third-order valence-electron chi connectivity index (χ3n) is 4.18. The number of rotatable bonds is 7. The molecule has 6 nitrogen and oxygen atoms in total. The van der Waals surface area contributed by atoms with Gasteiger partial charge in [0.15, 0.2) is 5.13 Å². The van der Waals surface area contributed by atoms with Crippen LogP contribution >= 0.6 is 11.3 Å². The van der Waals surface area contributed by atoms with Crippen LogP contribution in [0.15, 0.2) is 34.5 Å². The highest BCUT2D eigenvalue weighted by molar-refractivity contribution is 7.89. The SMILES string of the molecule is CCN(CC)S(=O)(=O)c1cccc(C(=O)Nc2nc(C3CC3)cs2)c1. The third kappa shape index (κ3) is 3.91. The highest BCUT2D eigenvalue weighted by Gasteiger charge is 2.26. The standard InChI is InChI=1S/C17H21N3O3S2/c1-3-20(4-2)25(22,23)14-7-5-6-13(10-14)16(21)19-17-18-15(11-24-17)12-8-9-12/h5-7,10-12H,3-4,8-9H2,1-2H3,(H,18,19,21). The normalized spacial score (nSPS) is 14.7. The second-order valence-corrected chi connectivity index (χ2v) is 8.72. The Morgan fingerprint density at radius 1 is 1.32 bits per heavy atom. The summed E-state index contributed by atoms with van der Waals surface area (Å²) in [5, 5.41) is 5.27. The molecule has 0 radical (unpaired) electrons. The van der Waals surface area contributed by atoms with Gasteiger partial charge >= 0.3 is 0 Å². The van der Waals surface area contributed by atoms with Gasteiger partial charge in [0.05, 0.1) is 10.6 Å². The van der Waals surface area contributed by atoms with Crippen LogP contribution < -0.4 is 5.32 Å². The van der Waals surface area contributed by atoms with Crippen LogP contribution in [0.2, 0.25) is 0 Å². The van der Waals surface area contributed by atoms with Crippen molar-refractivity contribution < 1.29 is 13.2 Å². The summed E-state index contributed by atoms with van der Waals surface area (Å²) in [6, 6.07) is 6.12. The molecule has 1 heterocycles. The summed E-state index contributed by atoms with van der Waals surface area (Å²) in [5.41, 5.74) is 1.33. The first-order valence-corrected chi connectivity index (χ1v) is 10.6. The molecule has 0 aliphatic heterocycles. The minimum atomic E-state index is -3.59. The lowest BCUT2D eigenvalue weighted by Gasteiger charge is -2.18. The Balaban J connectivity index is 1.79. The lowest BCUT2D eigenvalue weighted by atomic mass is 10.2. The van der Waals surface area contributed by atoms with Crippen LogP contribution in [-0.4, -0.2) is 36.7 Å². The van der Waals surface area contributed by atoms with Crippen LogP contribution in [0, 0.1) is 0 Å². The van der Waals surface area contributed by atoms with Gasteiger partial charge in [0, 0.05) is 30.0 Å². The van der Waals surface area contributed by atoms with E-state index >= 15 is 0 Å². The summed E-state index contributed by atoms with van der Waals surface area (Å²) in [4.78, 5) is 17.0. The Morgan fingerprint density at radius 3 is 2.68 bits per heavy atom. The van der Waals surface area contributed by atoms with Gasteiger partial charge in [-0.2, -0.15) is 4.31 Å². The number of benzene rings is 1. The molecular formula is C17H21N3O3S2. The van der Waals surface area contributed by atoms with Crippen molar-refractivity contribution in [3.63, 3.8) is 0 Å². The van der Waals surface area contributed by atoms with Crippen LogP contribution in [0.4, 0.5) is 5.13 Å². The van der Waals surface area contributed by atoms with Gasteiger partial charge in [-0.3, -0.25) is 10.1 Å². The lowest BCUT2D eigenvalue weighted by Crippen LogP contribution is -2.30. The Morgan fingerprint density at radius 2 is 2.04 bits per heavy atom. The van der Waals surface area contributed by atoms with Gasteiger partial charge < -0.3 is 0 Å². The summed E-state index contributed by atoms with van der Waals surface area (Å²) < 4.78 is 26.6. The topological polar surface area (TPSA) is 79.4 Å². The van der Waals surface area contributed by atoms with E-state index in [2.05, 4.69) is 10.3 Å². The molecule has 1 aromatic heterocycles. The Kier molecular flexibility index (Phi) is 5.21. The average molecular weight is 380 g/mol. The molecule has 1 amide bonds. The second kappa shape index (κ2) is 7.23. The van der Waals surface area contributed by atoms with E-state index in [9.17, 15) is 13.2 Å². The molecule has 0 unspecified atom stereocenters. The number of amides is 1. The molecule has 0 saturated heterocycles. The van der Waals surface area contributed by atoms with Gasteiger partial charge in [-0.1, -0.05) is 19.9 Å². The number of aromatic nitrogens is 1. The number of carbonyl (C=O) groups is 1. The quantitative estimate of drug-likeness (QED) is 0.800. The first-order chi connectivity index (χ1) is 12.0. The number of nitrogens with one attached hydrogen (secondary N) is 1. The van der Waals surface area contributed by atoms with E-state index < -0.39 is 10.0 Å². The molecule has 1 aliphatic carbocycles. The van der Waals surface area contributed by atoms with Gasteiger partial charge in [0.25, 0.3) is 5.91 Å². The zero-order valence-electron chi connectivity index (χ0n) is 14.2. The minimum absolute atomic E-state index is 0.127. The summed E-state index contributed by atoms with van der Waals surface area (Å²) in [5.74, 6) is 0.178. The molecule has 1 N–H and O–H groups in total. The number of hydrogen-bond donors (Lipinski definition) is 1. The molecule has 25 heavy (non-hydrogen) atoms. The van der Waals surface area contributed by atoms with E-state index in [-0.39, 0.29) is 10.8 Å². The lowest BCUT2D eigenvalue weighted by molar-refractivity contribution is 0.102. The van der Waals surface area contributed by atoms with Gasteiger partial charge in [-0.05, 0) is 31.0 Å². The fourth-order valence-electron chi connectivity index (χ4n) is 2.59. The average Bonchev–Trinajstić information content (AvgIpc) is 3.35. The molecule has 1 aromatic carbocycles. The molecule has 0 bridgehead atoms. The molecule has 8 heteroatoms. The van der Waals surface area contributed by atoms with E-state index in [4.69, 9.17) is 0 Å². The number of carbonyl (C=O) groups excluding carboxylic acids is 1. The maximum Gasteiger partial charge on any atom is 0.257 e. The predicted molar refractivity (Wildman–Crippen MR) is 98.6 cm³/mol.